The van der Waals surface area contributed by atoms with E-state index in [2.05, 4.69) is 20.8 Å². The van der Waals surface area contributed by atoms with Crippen molar-refractivity contribution in [2.24, 2.45) is 5.90 Å². The van der Waals surface area contributed by atoms with Gasteiger partial charge in [0.05, 0.1) is 6.61 Å². The normalized spacial score (nSPS) is 12.9. The van der Waals surface area contributed by atoms with Crippen molar-refractivity contribution in [1.82, 2.24) is 0 Å². The minimum Gasteiger partial charge on any atom is -0.304 e. The van der Waals surface area contributed by atoms with Crippen LogP contribution in [0.25, 0.3) is 0 Å². The average Bonchev–Trinajstić information content (AvgIpc) is 2.04. The Morgan fingerprint density at radius 3 is 2.85 bits per heavy atom. The van der Waals surface area contributed by atoms with E-state index in [1.807, 2.05) is 6.92 Å². The van der Waals surface area contributed by atoms with Crippen molar-refractivity contribution in [3.8, 4) is 0 Å². The Morgan fingerprint density at radius 2 is 2.31 bits per heavy atom. The van der Waals surface area contributed by atoms with Crippen molar-refractivity contribution in [1.29, 1.82) is 0 Å². The molecule has 0 amide bonds. The highest BCUT2D eigenvalue weighted by molar-refractivity contribution is 9.10. The Hall–Kier alpha value is -0.450. The summed E-state index contributed by atoms with van der Waals surface area (Å²) >= 11 is 3.19. The zero-order chi connectivity index (χ0) is 9.84. The number of benzene rings is 1. The minimum absolute atomic E-state index is 0.0295. The molecular formula is C9H11BrFNO. The van der Waals surface area contributed by atoms with Crippen LogP contribution in [0, 0.1) is 5.82 Å². The monoisotopic (exact) mass is 247 g/mol. The molecule has 0 saturated carbocycles. The minimum atomic E-state index is -0.237. The number of halogens is 2. The Kier molecular flexibility index (Phi) is 3.84. The van der Waals surface area contributed by atoms with E-state index in [9.17, 15) is 4.39 Å². The maximum atomic E-state index is 13.3. The van der Waals surface area contributed by atoms with Gasteiger partial charge in [0.25, 0.3) is 0 Å². The third-order valence-electron chi connectivity index (χ3n) is 1.84. The third-order valence-corrected chi connectivity index (χ3v) is 2.33. The molecule has 1 rings (SSSR count). The second-order valence-corrected chi connectivity index (χ2v) is 3.82. The summed E-state index contributed by atoms with van der Waals surface area (Å²) in [4.78, 5) is 4.46. The third kappa shape index (κ3) is 2.76. The Balaban J connectivity index is 2.88. The van der Waals surface area contributed by atoms with Crippen LogP contribution in [0.3, 0.4) is 0 Å². The highest BCUT2D eigenvalue weighted by Crippen LogP contribution is 2.22. The van der Waals surface area contributed by atoms with E-state index < -0.39 is 0 Å². The predicted molar refractivity (Wildman–Crippen MR) is 52.7 cm³/mol. The smallest absolute Gasteiger partial charge is 0.127 e. The van der Waals surface area contributed by atoms with Crippen LogP contribution in [0.15, 0.2) is 22.7 Å². The van der Waals surface area contributed by atoms with E-state index in [1.165, 1.54) is 6.07 Å². The molecule has 2 nitrogen and oxygen atoms in total. The number of nitrogens with two attached hydrogens (primary N) is 1. The van der Waals surface area contributed by atoms with Gasteiger partial charge in [0.15, 0.2) is 0 Å². The van der Waals surface area contributed by atoms with Crippen molar-refractivity contribution < 1.29 is 9.23 Å². The Morgan fingerprint density at radius 1 is 1.62 bits per heavy atom. The fourth-order valence-corrected chi connectivity index (χ4v) is 1.47. The van der Waals surface area contributed by atoms with Gasteiger partial charge in [-0.2, -0.15) is 0 Å². The lowest BCUT2D eigenvalue weighted by atomic mass is 10.0. The molecule has 4 heteroatoms. The number of hydrogen-bond donors (Lipinski definition) is 1. The highest BCUT2D eigenvalue weighted by atomic mass is 79.9. The zero-order valence-electron chi connectivity index (χ0n) is 7.26. The van der Waals surface area contributed by atoms with Crippen molar-refractivity contribution in [2.75, 3.05) is 6.61 Å². The molecule has 0 aliphatic heterocycles. The van der Waals surface area contributed by atoms with Crippen LogP contribution in [0.1, 0.15) is 18.4 Å². The van der Waals surface area contributed by atoms with Crippen molar-refractivity contribution in [3.05, 3.63) is 34.1 Å². The maximum Gasteiger partial charge on any atom is 0.127 e. The van der Waals surface area contributed by atoms with Gasteiger partial charge < -0.3 is 4.84 Å². The second-order valence-electron chi connectivity index (χ2n) is 2.90. The van der Waals surface area contributed by atoms with Gasteiger partial charge in [-0.25, -0.2) is 10.3 Å². The van der Waals surface area contributed by atoms with E-state index in [-0.39, 0.29) is 11.7 Å². The van der Waals surface area contributed by atoms with E-state index in [0.717, 1.165) is 4.47 Å². The van der Waals surface area contributed by atoms with E-state index in [0.29, 0.717) is 12.2 Å². The summed E-state index contributed by atoms with van der Waals surface area (Å²) in [6.07, 6.45) is 0. The Bertz CT molecular complexity index is 293. The molecule has 0 aliphatic carbocycles. The number of rotatable bonds is 3. The van der Waals surface area contributed by atoms with Gasteiger partial charge in [-0.3, -0.25) is 0 Å². The molecule has 0 aromatic heterocycles. The second kappa shape index (κ2) is 4.69. The molecule has 0 spiro atoms. The standard InChI is InChI=1S/C9H11BrFNO/c1-6(5-13-12)8-3-2-7(10)4-9(8)11/h2-4,6H,5,12H2,1H3. The molecule has 1 atom stereocenters. The molecule has 0 bridgehead atoms. The summed E-state index contributed by atoms with van der Waals surface area (Å²) in [5.74, 6) is 4.65. The van der Waals surface area contributed by atoms with E-state index in [4.69, 9.17) is 5.90 Å². The van der Waals surface area contributed by atoms with Crippen LogP contribution in [0.2, 0.25) is 0 Å². The predicted octanol–water partition coefficient (Wildman–Crippen LogP) is 2.58. The molecule has 2 N–H and O–H groups in total. The first kappa shape index (κ1) is 10.6. The molecule has 0 radical (unpaired) electrons. The lowest BCUT2D eigenvalue weighted by Crippen LogP contribution is -2.09. The first-order chi connectivity index (χ1) is 6.15. The quantitative estimate of drug-likeness (QED) is 0.834. The zero-order valence-corrected chi connectivity index (χ0v) is 8.84. The van der Waals surface area contributed by atoms with Gasteiger partial charge in [-0.1, -0.05) is 28.9 Å². The summed E-state index contributed by atoms with van der Waals surface area (Å²) in [6.45, 7) is 2.18. The average molecular weight is 248 g/mol. The van der Waals surface area contributed by atoms with Crippen molar-refractivity contribution in [3.63, 3.8) is 0 Å². The molecule has 0 fully saturated rings. The van der Waals surface area contributed by atoms with Crippen LogP contribution < -0.4 is 5.90 Å². The molecule has 0 heterocycles. The fourth-order valence-electron chi connectivity index (χ4n) is 1.14. The van der Waals surface area contributed by atoms with Crippen molar-refractivity contribution in [2.45, 2.75) is 12.8 Å². The largest absolute Gasteiger partial charge is 0.304 e. The summed E-state index contributed by atoms with van der Waals surface area (Å²) in [5, 5.41) is 0. The molecule has 1 unspecified atom stereocenters. The molecule has 0 aliphatic rings. The maximum absolute atomic E-state index is 13.3. The van der Waals surface area contributed by atoms with Crippen molar-refractivity contribution >= 4 is 15.9 Å². The van der Waals surface area contributed by atoms with Gasteiger partial charge >= 0.3 is 0 Å². The molecule has 1 aromatic rings. The molecule has 72 valence electrons. The van der Waals surface area contributed by atoms with E-state index >= 15 is 0 Å². The molecule has 0 saturated heterocycles. The SMILES string of the molecule is CC(CON)c1ccc(Br)cc1F. The number of hydrogen-bond acceptors (Lipinski definition) is 2. The highest BCUT2D eigenvalue weighted by Gasteiger charge is 2.10. The van der Waals surface area contributed by atoms with Gasteiger partial charge in [-0.15, -0.1) is 0 Å². The summed E-state index contributed by atoms with van der Waals surface area (Å²) < 4.78 is 14.0. The lowest BCUT2D eigenvalue weighted by molar-refractivity contribution is 0.126. The Labute approximate surface area is 85.0 Å². The van der Waals surface area contributed by atoms with Gasteiger partial charge in [-0.05, 0) is 17.7 Å². The lowest BCUT2D eigenvalue weighted by Gasteiger charge is -2.10. The van der Waals surface area contributed by atoms with Gasteiger partial charge in [0.2, 0.25) is 0 Å². The van der Waals surface area contributed by atoms with Crippen LogP contribution in [0.4, 0.5) is 4.39 Å². The summed E-state index contributed by atoms with van der Waals surface area (Å²) in [7, 11) is 0. The van der Waals surface area contributed by atoms with Gasteiger partial charge in [0.1, 0.15) is 5.82 Å². The summed E-state index contributed by atoms with van der Waals surface area (Å²) in [6, 6.07) is 4.96. The first-order valence-corrected chi connectivity index (χ1v) is 4.71. The van der Waals surface area contributed by atoms with Gasteiger partial charge in [0, 0.05) is 10.4 Å². The van der Waals surface area contributed by atoms with E-state index in [1.54, 1.807) is 12.1 Å². The molecular weight excluding hydrogens is 237 g/mol. The van der Waals surface area contributed by atoms with Crippen LogP contribution in [-0.4, -0.2) is 6.61 Å². The topological polar surface area (TPSA) is 35.2 Å². The molecule has 1 aromatic carbocycles. The van der Waals surface area contributed by atoms with Crippen LogP contribution in [0.5, 0.6) is 0 Å². The van der Waals surface area contributed by atoms with Crippen LogP contribution in [-0.2, 0) is 4.84 Å². The summed E-state index contributed by atoms with van der Waals surface area (Å²) in [5.41, 5.74) is 0.619. The molecule has 13 heavy (non-hydrogen) atoms. The first-order valence-electron chi connectivity index (χ1n) is 3.91. The van der Waals surface area contributed by atoms with Crippen LogP contribution >= 0.6 is 15.9 Å². The fraction of sp³-hybridized carbons (Fsp3) is 0.333.